The van der Waals surface area contributed by atoms with Crippen molar-refractivity contribution in [2.45, 2.75) is 50.5 Å². The first-order valence-electron chi connectivity index (χ1n) is 10.7. The summed E-state index contributed by atoms with van der Waals surface area (Å²) in [6, 6.07) is 10.5. The zero-order chi connectivity index (χ0) is 22.0. The second kappa shape index (κ2) is 8.88. The Hall–Kier alpha value is -2.58. The molecule has 1 saturated heterocycles. The molecule has 1 atom stereocenters. The van der Waals surface area contributed by atoms with Crippen LogP contribution in [0.2, 0.25) is 0 Å². The number of hydrogen-bond donors (Lipinski definition) is 1. The first kappa shape index (κ1) is 21.6. The number of nitrogens with one attached hydrogen (secondary N) is 1. The number of nitrogens with zero attached hydrogens (tertiary/aromatic N) is 1. The number of benzene rings is 2. The SMILES string of the molecule is Cc1ccc(S(=O)(=O)N2CCCC[C@H]2C)cc1C(=O)NCCc1ccc2c(c1)OCO2. The van der Waals surface area contributed by atoms with Crippen LogP contribution in [-0.4, -0.2) is 44.6 Å². The Bertz CT molecular complexity index is 1080. The molecule has 0 unspecified atom stereocenters. The van der Waals surface area contributed by atoms with Crippen LogP contribution in [0.3, 0.4) is 0 Å². The van der Waals surface area contributed by atoms with Crippen molar-refractivity contribution in [3.63, 3.8) is 0 Å². The zero-order valence-electron chi connectivity index (χ0n) is 17.9. The van der Waals surface area contributed by atoms with Crippen molar-refractivity contribution in [3.8, 4) is 11.5 Å². The van der Waals surface area contributed by atoms with E-state index in [0.29, 0.717) is 30.8 Å². The molecule has 0 saturated carbocycles. The molecule has 0 radical (unpaired) electrons. The molecular weight excluding hydrogens is 416 g/mol. The van der Waals surface area contributed by atoms with Gasteiger partial charge in [0.15, 0.2) is 11.5 Å². The lowest BCUT2D eigenvalue weighted by Crippen LogP contribution is -2.42. The fourth-order valence-electron chi connectivity index (χ4n) is 4.08. The summed E-state index contributed by atoms with van der Waals surface area (Å²) in [4.78, 5) is 13.0. The molecule has 0 spiro atoms. The fraction of sp³-hybridized carbons (Fsp3) is 0.435. The average Bonchev–Trinajstić information content (AvgIpc) is 3.22. The molecule has 2 aromatic carbocycles. The molecule has 1 amide bonds. The van der Waals surface area contributed by atoms with Crippen LogP contribution in [0.25, 0.3) is 0 Å². The van der Waals surface area contributed by atoms with Gasteiger partial charge in [0, 0.05) is 24.7 Å². The molecule has 0 bridgehead atoms. The molecule has 166 valence electrons. The van der Waals surface area contributed by atoms with Crippen molar-refractivity contribution in [2.24, 2.45) is 0 Å². The highest BCUT2D eigenvalue weighted by Gasteiger charge is 2.31. The number of carbonyl (C=O) groups excluding carboxylic acids is 1. The van der Waals surface area contributed by atoms with Crippen LogP contribution in [0, 0.1) is 6.92 Å². The fourth-order valence-corrected chi connectivity index (χ4v) is 5.81. The van der Waals surface area contributed by atoms with Crippen LogP contribution in [-0.2, 0) is 16.4 Å². The van der Waals surface area contributed by atoms with Crippen LogP contribution in [0.4, 0.5) is 0 Å². The lowest BCUT2D eigenvalue weighted by Gasteiger charge is -2.32. The van der Waals surface area contributed by atoms with Gasteiger partial charge in [0.05, 0.1) is 4.90 Å². The number of rotatable bonds is 6. The van der Waals surface area contributed by atoms with Gasteiger partial charge in [-0.05, 0) is 68.5 Å². The Morgan fingerprint density at radius 1 is 1.13 bits per heavy atom. The van der Waals surface area contributed by atoms with E-state index in [9.17, 15) is 13.2 Å². The van der Waals surface area contributed by atoms with Gasteiger partial charge in [-0.3, -0.25) is 4.79 Å². The molecule has 8 heteroatoms. The first-order valence-corrected chi connectivity index (χ1v) is 12.1. The highest BCUT2D eigenvalue weighted by molar-refractivity contribution is 7.89. The van der Waals surface area contributed by atoms with Crippen molar-refractivity contribution >= 4 is 15.9 Å². The molecule has 2 aliphatic rings. The van der Waals surface area contributed by atoms with E-state index in [0.717, 1.165) is 36.1 Å². The molecule has 2 aromatic rings. The quantitative estimate of drug-likeness (QED) is 0.739. The topological polar surface area (TPSA) is 84.9 Å². The van der Waals surface area contributed by atoms with Gasteiger partial charge in [0.25, 0.3) is 5.91 Å². The third-order valence-corrected chi connectivity index (χ3v) is 7.95. The highest BCUT2D eigenvalue weighted by atomic mass is 32.2. The van der Waals surface area contributed by atoms with E-state index in [2.05, 4.69) is 5.32 Å². The molecule has 0 aromatic heterocycles. The molecule has 1 N–H and O–H groups in total. The molecule has 2 heterocycles. The van der Waals surface area contributed by atoms with E-state index in [4.69, 9.17) is 9.47 Å². The maximum Gasteiger partial charge on any atom is 0.251 e. The maximum atomic E-state index is 13.1. The van der Waals surface area contributed by atoms with Crippen LogP contribution in [0.5, 0.6) is 11.5 Å². The molecular formula is C23H28N2O5S. The Morgan fingerprint density at radius 3 is 2.74 bits per heavy atom. The van der Waals surface area contributed by atoms with Crippen LogP contribution >= 0.6 is 0 Å². The standard InChI is InChI=1S/C23H28N2O5S/c1-16-6-8-19(31(27,28)25-12-4-3-5-17(25)2)14-20(16)23(26)24-11-10-18-7-9-21-22(13-18)30-15-29-21/h6-9,13-14,17H,3-5,10-12,15H2,1-2H3,(H,24,26)/t17-/m1/s1. The number of sulfonamides is 1. The largest absolute Gasteiger partial charge is 0.454 e. The van der Waals surface area contributed by atoms with E-state index in [1.165, 1.54) is 6.07 Å². The lowest BCUT2D eigenvalue weighted by atomic mass is 10.1. The van der Waals surface area contributed by atoms with E-state index < -0.39 is 10.0 Å². The summed E-state index contributed by atoms with van der Waals surface area (Å²) in [5.74, 6) is 1.16. The summed E-state index contributed by atoms with van der Waals surface area (Å²) in [6.07, 6.45) is 3.39. The van der Waals surface area contributed by atoms with E-state index >= 15 is 0 Å². The number of amides is 1. The third kappa shape index (κ3) is 4.55. The lowest BCUT2D eigenvalue weighted by molar-refractivity contribution is 0.0953. The van der Waals surface area contributed by atoms with Gasteiger partial charge in [-0.15, -0.1) is 0 Å². The Morgan fingerprint density at radius 2 is 1.94 bits per heavy atom. The van der Waals surface area contributed by atoms with E-state index in [1.54, 1.807) is 16.4 Å². The van der Waals surface area contributed by atoms with Gasteiger partial charge in [0.2, 0.25) is 16.8 Å². The molecule has 7 nitrogen and oxygen atoms in total. The molecule has 0 aliphatic carbocycles. The predicted molar refractivity (Wildman–Crippen MR) is 117 cm³/mol. The van der Waals surface area contributed by atoms with Crippen molar-refractivity contribution in [1.29, 1.82) is 0 Å². The number of fused-ring (bicyclic) bond motifs is 1. The second-order valence-corrected chi connectivity index (χ2v) is 10.0. The predicted octanol–water partition coefficient (Wildman–Crippen LogP) is 3.26. The summed E-state index contributed by atoms with van der Waals surface area (Å²) in [5.41, 5.74) is 2.15. The smallest absolute Gasteiger partial charge is 0.251 e. The Balaban J connectivity index is 1.44. The van der Waals surface area contributed by atoms with Gasteiger partial charge in [-0.2, -0.15) is 4.31 Å². The van der Waals surface area contributed by atoms with Crippen LogP contribution in [0.1, 0.15) is 47.7 Å². The van der Waals surface area contributed by atoms with Gasteiger partial charge < -0.3 is 14.8 Å². The first-order chi connectivity index (χ1) is 14.9. The average molecular weight is 445 g/mol. The van der Waals surface area contributed by atoms with Gasteiger partial charge in [-0.25, -0.2) is 8.42 Å². The summed E-state index contributed by atoms with van der Waals surface area (Å²) in [6.45, 7) is 4.93. The van der Waals surface area contributed by atoms with E-state index in [1.807, 2.05) is 32.0 Å². The number of ether oxygens (including phenoxy) is 2. The normalized spacial score (nSPS) is 18.7. The van der Waals surface area contributed by atoms with Gasteiger partial charge in [0.1, 0.15) is 0 Å². The minimum Gasteiger partial charge on any atom is -0.454 e. The van der Waals surface area contributed by atoms with Crippen molar-refractivity contribution in [1.82, 2.24) is 9.62 Å². The Kier molecular flexibility index (Phi) is 6.20. The highest BCUT2D eigenvalue weighted by Crippen LogP contribution is 2.32. The molecule has 31 heavy (non-hydrogen) atoms. The number of aryl methyl sites for hydroxylation is 1. The van der Waals surface area contributed by atoms with Crippen LogP contribution < -0.4 is 14.8 Å². The summed E-state index contributed by atoms with van der Waals surface area (Å²) in [7, 11) is -3.63. The maximum absolute atomic E-state index is 13.1. The van der Waals surface area contributed by atoms with Crippen molar-refractivity contribution in [2.75, 3.05) is 19.9 Å². The zero-order valence-corrected chi connectivity index (χ0v) is 18.7. The molecule has 1 fully saturated rings. The minimum absolute atomic E-state index is 0.0287. The molecule has 2 aliphatic heterocycles. The van der Waals surface area contributed by atoms with Crippen molar-refractivity contribution in [3.05, 3.63) is 53.1 Å². The summed E-state index contributed by atoms with van der Waals surface area (Å²) in [5, 5.41) is 2.90. The third-order valence-electron chi connectivity index (χ3n) is 5.94. The van der Waals surface area contributed by atoms with Crippen molar-refractivity contribution < 1.29 is 22.7 Å². The van der Waals surface area contributed by atoms with Gasteiger partial charge in [-0.1, -0.05) is 18.6 Å². The number of piperidine rings is 1. The van der Waals surface area contributed by atoms with Crippen LogP contribution in [0.15, 0.2) is 41.3 Å². The number of carbonyl (C=O) groups is 1. The van der Waals surface area contributed by atoms with E-state index in [-0.39, 0.29) is 23.6 Å². The summed E-state index contributed by atoms with van der Waals surface area (Å²) < 4.78 is 38.5. The molecule has 4 rings (SSSR count). The minimum atomic E-state index is -3.63. The second-order valence-electron chi connectivity index (χ2n) is 8.13. The number of hydrogen-bond acceptors (Lipinski definition) is 5. The summed E-state index contributed by atoms with van der Waals surface area (Å²) >= 11 is 0. The Labute approximate surface area is 183 Å². The monoisotopic (exact) mass is 444 g/mol. The van der Waals surface area contributed by atoms with Gasteiger partial charge >= 0.3 is 0 Å².